The molecule has 8 nitrogen and oxygen atoms in total. The van der Waals surface area contributed by atoms with E-state index in [9.17, 15) is 9.59 Å². The van der Waals surface area contributed by atoms with Crippen molar-refractivity contribution in [2.75, 3.05) is 31.1 Å². The fraction of sp³-hybridized carbons (Fsp3) is 0.368. The number of aryl methyl sites for hydroxylation is 1. The van der Waals surface area contributed by atoms with Crippen molar-refractivity contribution >= 4 is 16.6 Å². The first-order valence-corrected chi connectivity index (χ1v) is 8.96. The summed E-state index contributed by atoms with van der Waals surface area (Å²) in [6, 6.07) is 7.73. The standard InChI is InChI=1S/C19H22N6O2/c1-22-13-21-17-11-14(3-4-16(17)18(22)26)25-9-7-24(8-10-25)12-15-5-6-20-19(27)23(15)2/h3-6,11,13H,7-10,12H2,1-2H3. The second-order valence-corrected chi connectivity index (χ2v) is 6.90. The molecule has 0 aliphatic carbocycles. The molecule has 3 heterocycles. The van der Waals surface area contributed by atoms with Crippen molar-refractivity contribution in [2.45, 2.75) is 6.54 Å². The number of fused-ring (bicyclic) bond motifs is 1. The third-order valence-electron chi connectivity index (χ3n) is 5.19. The van der Waals surface area contributed by atoms with Gasteiger partial charge in [0.25, 0.3) is 5.56 Å². The van der Waals surface area contributed by atoms with E-state index in [4.69, 9.17) is 0 Å². The van der Waals surface area contributed by atoms with Crippen LogP contribution in [0.2, 0.25) is 0 Å². The van der Waals surface area contributed by atoms with Crippen LogP contribution in [0.5, 0.6) is 0 Å². The fourth-order valence-corrected chi connectivity index (χ4v) is 3.46. The van der Waals surface area contributed by atoms with Crippen LogP contribution in [0.3, 0.4) is 0 Å². The van der Waals surface area contributed by atoms with E-state index >= 15 is 0 Å². The van der Waals surface area contributed by atoms with E-state index in [1.807, 2.05) is 24.3 Å². The Bertz CT molecular complexity index is 1100. The van der Waals surface area contributed by atoms with Crippen molar-refractivity contribution in [3.05, 3.63) is 63.3 Å². The van der Waals surface area contributed by atoms with E-state index in [-0.39, 0.29) is 11.2 Å². The van der Waals surface area contributed by atoms with Crippen molar-refractivity contribution in [1.29, 1.82) is 0 Å². The van der Waals surface area contributed by atoms with Crippen molar-refractivity contribution in [3.8, 4) is 0 Å². The second kappa shape index (κ2) is 6.96. The normalized spacial score (nSPS) is 15.4. The zero-order valence-corrected chi connectivity index (χ0v) is 15.5. The molecule has 1 fully saturated rings. The van der Waals surface area contributed by atoms with Crippen LogP contribution < -0.4 is 16.1 Å². The quantitative estimate of drug-likeness (QED) is 0.666. The molecule has 0 radical (unpaired) electrons. The molecule has 1 aromatic carbocycles. The summed E-state index contributed by atoms with van der Waals surface area (Å²) in [6.45, 7) is 4.30. The van der Waals surface area contributed by atoms with E-state index in [1.165, 1.54) is 4.57 Å². The summed E-state index contributed by atoms with van der Waals surface area (Å²) in [7, 11) is 3.47. The molecule has 3 aromatic rings. The van der Waals surface area contributed by atoms with Gasteiger partial charge in [-0.15, -0.1) is 0 Å². The molecule has 0 N–H and O–H groups in total. The van der Waals surface area contributed by atoms with Gasteiger partial charge >= 0.3 is 5.69 Å². The molecule has 27 heavy (non-hydrogen) atoms. The summed E-state index contributed by atoms with van der Waals surface area (Å²) in [6.07, 6.45) is 3.13. The van der Waals surface area contributed by atoms with Gasteiger partial charge < -0.3 is 9.47 Å². The van der Waals surface area contributed by atoms with E-state index in [1.54, 1.807) is 31.2 Å². The lowest BCUT2D eigenvalue weighted by Gasteiger charge is -2.36. The van der Waals surface area contributed by atoms with Crippen LogP contribution in [0, 0.1) is 0 Å². The van der Waals surface area contributed by atoms with Gasteiger partial charge in [0.05, 0.1) is 17.2 Å². The Morgan fingerprint density at radius 1 is 1.00 bits per heavy atom. The van der Waals surface area contributed by atoms with Crippen LogP contribution in [0.1, 0.15) is 5.69 Å². The Labute approximate surface area is 156 Å². The van der Waals surface area contributed by atoms with Crippen LogP contribution in [0.4, 0.5) is 5.69 Å². The van der Waals surface area contributed by atoms with E-state index in [2.05, 4.69) is 19.8 Å². The molecule has 1 aliphatic heterocycles. The third-order valence-corrected chi connectivity index (χ3v) is 5.19. The summed E-state index contributed by atoms with van der Waals surface area (Å²) in [4.78, 5) is 36.6. The molecule has 8 heteroatoms. The zero-order chi connectivity index (χ0) is 19.0. The average molecular weight is 366 g/mol. The molecule has 4 rings (SSSR count). The van der Waals surface area contributed by atoms with Gasteiger partial charge in [0.2, 0.25) is 0 Å². The first-order chi connectivity index (χ1) is 13.0. The van der Waals surface area contributed by atoms with Gasteiger partial charge in [0.1, 0.15) is 0 Å². The Kier molecular flexibility index (Phi) is 4.49. The molecule has 0 bridgehead atoms. The Morgan fingerprint density at radius 2 is 1.78 bits per heavy atom. The number of nitrogens with zero attached hydrogens (tertiary/aromatic N) is 6. The highest BCUT2D eigenvalue weighted by Crippen LogP contribution is 2.20. The number of piperazine rings is 1. The van der Waals surface area contributed by atoms with Gasteiger partial charge in [-0.05, 0) is 24.3 Å². The lowest BCUT2D eigenvalue weighted by atomic mass is 10.2. The largest absolute Gasteiger partial charge is 0.369 e. The van der Waals surface area contributed by atoms with Crippen molar-refractivity contribution in [3.63, 3.8) is 0 Å². The number of hydrogen-bond acceptors (Lipinski definition) is 6. The molecule has 0 saturated carbocycles. The first kappa shape index (κ1) is 17.4. The number of aromatic nitrogens is 4. The molecule has 0 unspecified atom stereocenters. The van der Waals surface area contributed by atoms with Gasteiger partial charge in [-0.3, -0.25) is 14.3 Å². The smallest absolute Gasteiger partial charge is 0.347 e. The van der Waals surface area contributed by atoms with Crippen LogP contribution in [0.15, 0.2) is 46.4 Å². The highest BCUT2D eigenvalue weighted by molar-refractivity contribution is 5.81. The SMILES string of the molecule is Cn1cnc2cc(N3CCN(Cc4ccnc(=O)n4C)CC3)ccc2c1=O. The number of hydrogen-bond donors (Lipinski definition) is 0. The molecule has 0 spiro atoms. The minimum Gasteiger partial charge on any atom is -0.369 e. The maximum Gasteiger partial charge on any atom is 0.347 e. The van der Waals surface area contributed by atoms with Gasteiger partial charge in [0, 0.05) is 64.4 Å². The lowest BCUT2D eigenvalue weighted by Crippen LogP contribution is -2.46. The predicted molar refractivity (Wildman–Crippen MR) is 104 cm³/mol. The number of rotatable bonds is 3. The van der Waals surface area contributed by atoms with Crippen LogP contribution >= 0.6 is 0 Å². The van der Waals surface area contributed by atoms with Gasteiger partial charge in [-0.2, -0.15) is 0 Å². The molecule has 1 aliphatic rings. The van der Waals surface area contributed by atoms with Crippen LogP contribution in [0.25, 0.3) is 10.9 Å². The monoisotopic (exact) mass is 366 g/mol. The third kappa shape index (κ3) is 3.35. The molecular formula is C19H22N6O2. The maximum atomic E-state index is 12.2. The highest BCUT2D eigenvalue weighted by atomic mass is 16.1. The average Bonchev–Trinajstić information content (AvgIpc) is 2.69. The predicted octanol–water partition coefficient (Wildman–Crippen LogP) is 0.349. The van der Waals surface area contributed by atoms with E-state index in [0.29, 0.717) is 5.39 Å². The molecule has 0 atom stereocenters. The van der Waals surface area contributed by atoms with Crippen LogP contribution in [-0.4, -0.2) is 50.2 Å². The summed E-state index contributed by atoms with van der Waals surface area (Å²) < 4.78 is 3.09. The lowest BCUT2D eigenvalue weighted by molar-refractivity contribution is 0.243. The maximum absolute atomic E-state index is 12.2. The van der Waals surface area contributed by atoms with Crippen molar-refractivity contribution < 1.29 is 0 Å². The van der Waals surface area contributed by atoms with Gasteiger partial charge in [-0.25, -0.2) is 14.8 Å². The summed E-state index contributed by atoms with van der Waals surface area (Å²) in [5.74, 6) is 0. The Hall–Kier alpha value is -3.00. The topological polar surface area (TPSA) is 76.3 Å². The molecule has 1 saturated heterocycles. The van der Waals surface area contributed by atoms with E-state index < -0.39 is 0 Å². The fourth-order valence-electron chi connectivity index (χ4n) is 3.46. The minimum absolute atomic E-state index is 0.0284. The molecule has 2 aromatic heterocycles. The highest BCUT2D eigenvalue weighted by Gasteiger charge is 2.19. The minimum atomic E-state index is -0.221. The second-order valence-electron chi connectivity index (χ2n) is 6.90. The van der Waals surface area contributed by atoms with Crippen molar-refractivity contribution in [2.24, 2.45) is 14.1 Å². The van der Waals surface area contributed by atoms with Crippen LogP contribution in [-0.2, 0) is 20.6 Å². The molecular weight excluding hydrogens is 344 g/mol. The number of anilines is 1. The zero-order valence-electron chi connectivity index (χ0n) is 15.5. The van der Waals surface area contributed by atoms with E-state index in [0.717, 1.165) is 49.6 Å². The summed E-state index contributed by atoms with van der Waals surface area (Å²) in [5, 5.41) is 0.640. The number of benzene rings is 1. The summed E-state index contributed by atoms with van der Waals surface area (Å²) in [5.41, 5.74) is 2.53. The van der Waals surface area contributed by atoms with Gasteiger partial charge in [-0.1, -0.05) is 0 Å². The van der Waals surface area contributed by atoms with Gasteiger partial charge in [0.15, 0.2) is 0 Å². The Balaban J connectivity index is 1.47. The molecule has 0 amide bonds. The Morgan fingerprint density at radius 3 is 2.56 bits per heavy atom. The van der Waals surface area contributed by atoms with Crippen molar-refractivity contribution in [1.82, 2.24) is 24.0 Å². The molecule has 140 valence electrons. The summed E-state index contributed by atoms with van der Waals surface area (Å²) >= 11 is 0. The first-order valence-electron chi connectivity index (χ1n) is 8.96.